The van der Waals surface area contributed by atoms with Crippen LogP contribution in [-0.4, -0.2) is 11.5 Å². The SMILES string of the molecule is CC(C)C1(CNc2ccc(F)cc2[N+](=O)[O-])CC1. The van der Waals surface area contributed by atoms with Crippen LogP contribution < -0.4 is 5.32 Å². The first-order valence-electron chi connectivity index (χ1n) is 6.12. The molecule has 0 heterocycles. The molecule has 1 aromatic carbocycles. The van der Waals surface area contributed by atoms with Gasteiger partial charge in [0.2, 0.25) is 0 Å². The minimum atomic E-state index is -0.586. The minimum Gasteiger partial charge on any atom is -0.379 e. The molecule has 1 aromatic rings. The Bertz CT molecular complexity index is 470. The summed E-state index contributed by atoms with van der Waals surface area (Å²) >= 11 is 0. The molecular weight excluding hydrogens is 235 g/mol. The molecule has 5 heteroatoms. The quantitative estimate of drug-likeness (QED) is 0.643. The fourth-order valence-electron chi connectivity index (χ4n) is 2.20. The Hall–Kier alpha value is -1.65. The number of nitrogens with one attached hydrogen (secondary N) is 1. The highest BCUT2D eigenvalue weighted by Gasteiger charge is 2.45. The van der Waals surface area contributed by atoms with Gasteiger partial charge in [-0.25, -0.2) is 4.39 Å². The molecule has 0 saturated heterocycles. The van der Waals surface area contributed by atoms with Crippen molar-refractivity contribution in [3.63, 3.8) is 0 Å². The number of nitro benzene ring substituents is 1. The van der Waals surface area contributed by atoms with Gasteiger partial charge in [0.15, 0.2) is 0 Å². The number of hydrogen-bond donors (Lipinski definition) is 1. The lowest BCUT2D eigenvalue weighted by Gasteiger charge is -2.20. The highest BCUT2D eigenvalue weighted by Crippen LogP contribution is 2.51. The predicted molar refractivity (Wildman–Crippen MR) is 68.0 cm³/mol. The number of nitrogens with zero attached hydrogens (tertiary/aromatic N) is 1. The molecule has 2 rings (SSSR count). The highest BCUT2D eigenvalue weighted by atomic mass is 19.1. The smallest absolute Gasteiger partial charge is 0.295 e. The molecule has 0 amide bonds. The maximum Gasteiger partial charge on any atom is 0.295 e. The summed E-state index contributed by atoms with van der Waals surface area (Å²) in [6.07, 6.45) is 2.29. The average Bonchev–Trinajstić information content (AvgIpc) is 3.08. The van der Waals surface area contributed by atoms with Gasteiger partial charge in [-0.3, -0.25) is 10.1 Å². The summed E-state index contributed by atoms with van der Waals surface area (Å²) in [5.41, 5.74) is 0.449. The van der Waals surface area contributed by atoms with Crippen molar-refractivity contribution in [2.24, 2.45) is 11.3 Å². The van der Waals surface area contributed by atoms with Gasteiger partial charge in [-0.2, -0.15) is 0 Å². The summed E-state index contributed by atoms with van der Waals surface area (Å²) in [4.78, 5) is 10.3. The molecule has 4 nitrogen and oxygen atoms in total. The van der Waals surface area contributed by atoms with E-state index in [2.05, 4.69) is 19.2 Å². The van der Waals surface area contributed by atoms with E-state index in [9.17, 15) is 14.5 Å². The van der Waals surface area contributed by atoms with E-state index in [1.54, 1.807) is 0 Å². The maximum atomic E-state index is 13.0. The monoisotopic (exact) mass is 252 g/mol. The zero-order chi connectivity index (χ0) is 13.3. The van der Waals surface area contributed by atoms with Crippen LogP contribution in [0.15, 0.2) is 18.2 Å². The molecule has 0 spiro atoms. The lowest BCUT2D eigenvalue weighted by atomic mass is 9.92. The van der Waals surface area contributed by atoms with E-state index in [-0.39, 0.29) is 11.1 Å². The Morgan fingerprint density at radius 2 is 2.17 bits per heavy atom. The molecule has 98 valence electrons. The second kappa shape index (κ2) is 4.55. The van der Waals surface area contributed by atoms with Crippen LogP contribution in [-0.2, 0) is 0 Å². The molecule has 0 radical (unpaired) electrons. The molecule has 1 fully saturated rings. The zero-order valence-corrected chi connectivity index (χ0v) is 10.6. The summed E-state index contributed by atoms with van der Waals surface area (Å²) in [5.74, 6) is -0.0400. The van der Waals surface area contributed by atoms with Crippen LogP contribution in [0.3, 0.4) is 0 Å². The van der Waals surface area contributed by atoms with E-state index in [1.165, 1.54) is 12.1 Å². The van der Waals surface area contributed by atoms with Gasteiger partial charge in [0, 0.05) is 6.54 Å². The Balaban J connectivity index is 2.12. The fourth-order valence-corrected chi connectivity index (χ4v) is 2.20. The second-order valence-electron chi connectivity index (χ2n) is 5.29. The van der Waals surface area contributed by atoms with Crippen LogP contribution in [0.1, 0.15) is 26.7 Å². The van der Waals surface area contributed by atoms with Crippen LogP contribution in [0.5, 0.6) is 0 Å². The highest BCUT2D eigenvalue weighted by molar-refractivity contribution is 5.61. The molecule has 0 bridgehead atoms. The van der Waals surface area contributed by atoms with Crippen molar-refractivity contribution in [3.05, 3.63) is 34.1 Å². The van der Waals surface area contributed by atoms with Crippen LogP contribution in [0.2, 0.25) is 0 Å². The Morgan fingerprint density at radius 3 is 2.67 bits per heavy atom. The van der Waals surface area contributed by atoms with Crippen LogP contribution in [0.25, 0.3) is 0 Å². The van der Waals surface area contributed by atoms with Gasteiger partial charge in [-0.15, -0.1) is 0 Å². The van der Waals surface area contributed by atoms with Crippen molar-refractivity contribution in [1.29, 1.82) is 0 Å². The lowest BCUT2D eigenvalue weighted by molar-refractivity contribution is -0.384. The van der Waals surface area contributed by atoms with Gasteiger partial charge >= 0.3 is 0 Å². The fraction of sp³-hybridized carbons (Fsp3) is 0.538. The van der Waals surface area contributed by atoms with E-state index in [1.807, 2.05) is 0 Å². The van der Waals surface area contributed by atoms with Crippen LogP contribution in [0, 0.1) is 27.3 Å². The van der Waals surface area contributed by atoms with Gasteiger partial charge < -0.3 is 5.32 Å². The average molecular weight is 252 g/mol. The maximum absolute atomic E-state index is 13.0. The Labute approximate surface area is 105 Å². The molecule has 0 unspecified atom stereocenters. The minimum absolute atomic E-state index is 0.199. The van der Waals surface area contributed by atoms with Gasteiger partial charge in [0.1, 0.15) is 11.5 Å². The van der Waals surface area contributed by atoms with Crippen LogP contribution in [0.4, 0.5) is 15.8 Å². The van der Waals surface area contributed by atoms with Gasteiger partial charge in [0.25, 0.3) is 5.69 Å². The van der Waals surface area contributed by atoms with Crippen molar-refractivity contribution in [2.45, 2.75) is 26.7 Å². The molecule has 0 aliphatic heterocycles. The van der Waals surface area contributed by atoms with E-state index >= 15 is 0 Å². The molecule has 1 aliphatic rings. The first kappa shape index (κ1) is 12.8. The van der Waals surface area contributed by atoms with Crippen LogP contribution >= 0.6 is 0 Å². The van der Waals surface area contributed by atoms with Crippen molar-refractivity contribution in [3.8, 4) is 0 Å². The van der Waals surface area contributed by atoms with Gasteiger partial charge in [-0.1, -0.05) is 13.8 Å². The topological polar surface area (TPSA) is 55.2 Å². The number of anilines is 1. The molecular formula is C13H17FN2O2. The van der Waals surface area contributed by atoms with Gasteiger partial charge in [0.05, 0.1) is 11.0 Å². The Kier molecular flexibility index (Phi) is 3.24. The lowest BCUT2D eigenvalue weighted by Crippen LogP contribution is -2.21. The third-order valence-electron chi connectivity index (χ3n) is 3.90. The summed E-state index contributed by atoms with van der Waals surface area (Å²) in [6, 6.07) is 3.63. The van der Waals surface area contributed by atoms with E-state index in [0.29, 0.717) is 18.2 Å². The number of hydrogen-bond acceptors (Lipinski definition) is 3. The summed E-state index contributed by atoms with van der Waals surface area (Å²) < 4.78 is 13.0. The summed E-state index contributed by atoms with van der Waals surface area (Å²) in [7, 11) is 0. The van der Waals surface area contributed by atoms with Crippen molar-refractivity contribution in [1.82, 2.24) is 0 Å². The van der Waals surface area contributed by atoms with Crippen molar-refractivity contribution < 1.29 is 9.31 Å². The van der Waals surface area contributed by atoms with Crippen molar-refractivity contribution in [2.75, 3.05) is 11.9 Å². The number of benzene rings is 1. The molecule has 1 N–H and O–H groups in total. The summed E-state index contributed by atoms with van der Waals surface area (Å²) in [5, 5.41) is 13.9. The largest absolute Gasteiger partial charge is 0.379 e. The molecule has 0 atom stereocenters. The molecule has 1 aliphatic carbocycles. The van der Waals surface area contributed by atoms with Gasteiger partial charge in [-0.05, 0) is 36.3 Å². The Morgan fingerprint density at radius 1 is 1.50 bits per heavy atom. The van der Waals surface area contributed by atoms with Crippen molar-refractivity contribution >= 4 is 11.4 Å². The van der Waals surface area contributed by atoms with E-state index in [4.69, 9.17) is 0 Å². The van der Waals surface area contributed by atoms with E-state index in [0.717, 1.165) is 18.9 Å². The first-order chi connectivity index (χ1) is 8.44. The second-order valence-corrected chi connectivity index (χ2v) is 5.29. The summed E-state index contributed by atoms with van der Waals surface area (Å²) in [6.45, 7) is 5.03. The molecule has 18 heavy (non-hydrogen) atoms. The number of nitro groups is 1. The predicted octanol–water partition coefficient (Wildman–Crippen LogP) is 3.58. The first-order valence-corrected chi connectivity index (χ1v) is 6.12. The number of halogens is 1. The zero-order valence-electron chi connectivity index (χ0n) is 10.6. The standard InChI is InChI=1S/C13H17FN2O2/c1-9(2)13(5-6-13)8-15-11-4-3-10(14)7-12(11)16(17)18/h3-4,7,9,15H,5-6,8H2,1-2H3. The normalized spacial score (nSPS) is 16.7. The third kappa shape index (κ3) is 2.44. The van der Waals surface area contributed by atoms with E-state index < -0.39 is 10.7 Å². The molecule has 1 saturated carbocycles. The number of rotatable bonds is 5. The molecule has 0 aromatic heterocycles. The third-order valence-corrected chi connectivity index (χ3v) is 3.90.